The van der Waals surface area contributed by atoms with E-state index in [2.05, 4.69) is 10.1 Å². The molecule has 0 aliphatic carbocycles. The van der Waals surface area contributed by atoms with E-state index in [-0.39, 0.29) is 6.61 Å². The van der Waals surface area contributed by atoms with Gasteiger partial charge >= 0.3 is 6.18 Å². The zero-order valence-electron chi connectivity index (χ0n) is 8.72. The summed E-state index contributed by atoms with van der Waals surface area (Å²) in [5.41, 5.74) is 0. The first kappa shape index (κ1) is 13.1. The van der Waals surface area contributed by atoms with E-state index in [1.54, 1.807) is 12.3 Å². The molecule has 1 N–H and O–H groups in total. The third kappa shape index (κ3) is 6.47. The van der Waals surface area contributed by atoms with Crippen LogP contribution in [0.4, 0.5) is 13.2 Å². The van der Waals surface area contributed by atoms with Gasteiger partial charge in [-0.05, 0) is 25.1 Å². The summed E-state index contributed by atoms with van der Waals surface area (Å²) in [7, 11) is 0. The summed E-state index contributed by atoms with van der Waals surface area (Å²) in [6.45, 7) is 0.0979. The van der Waals surface area contributed by atoms with Crippen LogP contribution >= 0.6 is 0 Å². The molecule has 92 valence electrons. The fourth-order valence-electron chi connectivity index (χ4n) is 1.11. The van der Waals surface area contributed by atoms with Gasteiger partial charge in [0.05, 0.1) is 12.8 Å². The van der Waals surface area contributed by atoms with Crippen molar-refractivity contribution in [2.75, 3.05) is 19.8 Å². The van der Waals surface area contributed by atoms with Gasteiger partial charge in [-0.3, -0.25) is 0 Å². The molecule has 6 heteroatoms. The fraction of sp³-hybridized carbons (Fsp3) is 0.600. The van der Waals surface area contributed by atoms with Crippen molar-refractivity contribution in [2.45, 2.75) is 19.1 Å². The van der Waals surface area contributed by atoms with Gasteiger partial charge in [-0.25, -0.2) is 0 Å². The van der Waals surface area contributed by atoms with Gasteiger partial charge in [0.2, 0.25) is 0 Å². The maximum Gasteiger partial charge on any atom is 0.411 e. The van der Waals surface area contributed by atoms with Crippen LogP contribution in [0.2, 0.25) is 0 Å². The molecule has 0 bridgehead atoms. The van der Waals surface area contributed by atoms with E-state index in [0.717, 1.165) is 5.76 Å². The van der Waals surface area contributed by atoms with E-state index >= 15 is 0 Å². The van der Waals surface area contributed by atoms with Crippen molar-refractivity contribution in [3.8, 4) is 0 Å². The molecule has 16 heavy (non-hydrogen) atoms. The molecular weight excluding hydrogens is 223 g/mol. The molecule has 0 amide bonds. The van der Waals surface area contributed by atoms with E-state index in [0.29, 0.717) is 19.5 Å². The van der Waals surface area contributed by atoms with Gasteiger partial charge in [0.15, 0.2) is 0 Å². The third-order valence-electron chi connectivity index (χ3n) is 1.79. The Morgan fingerprint density at radius 2 is 2.19 bits per heavy atom. The number of ether oxygens (including phenoxy) is 1. The molecule has 3 nitrogen and oxygen atoms in total. The molecule has 0 aliphatic rings. The van der Waals surface area contributed by atoms with E-state index in [1.807, 2.05) is 6.07 Å². The molecule has 0 unspecified atom stereocenters. The Morgan fingerprint density at radius 1 is 1.38 bits per heavy atom. The second kappa shape index (κ2) is 6.55. The van der Waals surface area contributed by atoms with Crippen LogP contribution in [0, 0.1) is 0 Å². The van der Waals surface area contributed by atoms with Gasteiger partial charge in [-0.15, -0.1) is 0 Å². The van der Waals surface area contributed by atoms with Crippen LogP contribution in [0.3, 0.4) is 0 Å². The third-order valence-corrected chi connectivity index (χ3v) is 1.79. The van der Waals surface area contributed by atoms with Crippen LogP contribution in [0.1, 0.15) is 12.2 Å². The highest BCUT2D eigenvalue weighted by atomic mass is 19.4. The minimum atomic E-state index is -4.23. The van der Waals surface area contributed by atoms with Crippen LogP contribution in [0.5, 0.6) is 0 Å². The molecule has 1 heterocycles. The highest BCUT2D eigenvalue weighted by Crippen LogP contribution is 2.14. The van der Waals surface area contributed by atoms with Crippen LogP contribution in [0.15, 0.2) is 22.8 Å². The van der Waals surface area contributed by atoms with Crippen LogP contribution in [-0.2, 0) is 11.3 Å². The first-order valence-electron chi connectivity index (χ1n) is 4.95. The lowest BCUT2D eigenvalue weighted by Gasteiger charge is -2.07. The topological polar surface area (TPSA) is 34.4 Å². The van der Waals surface area contributed by atoms with Gasteiger partial charge < -0.3 is 14.5 Å². The zero-order chi connectivity index (χ0) is 11.9. The number of nitrogens with one attached hydrogen (secondary N) is 1. The summed E-state index contributed by atoms with van der Waals surface area (Å²) < 4.78 is 44.5. The zero-order valence-corrected chi connectivity index (χ0v) is 8.72. The lowest BCUT2D eigenvalue weighted by molar-refractivity contribution is -0.173. The first-order chi connectivity index (χ1) is 7.58. The molecular formula is C10H14F3NO2. The average Bonchev–Trinajstić information content (AvgIpc) is 2.67. The van der Waals surface area contributed by atoms with Crippen molar-refractivity contribution in [3.63, 3.8) is 0 Å². The predicted octanol–water partition coefficient (Wildman–Crippen LogP) is 2.34. The second-order valence-electron chi connectivity index (χ2n) is 3.28. The normalized spacial score (nSPS) is 11.9. The fourth-order valence-corrected chi connectivity index (χ4v) is 1.11. The smallest absolute Gasteiger partial charge is 0.411 e. The molecule has 0 fully saturated rings. The van der Waals surface area contributed by atoms with Crippen molar-refractivity contribution >= 4 is 0 Å². The number of hydrogen-bond acceptors (Lipinski definition) is 3. The van der Waals surface area contributed by atoms with Crippen LogP contribution in [-0.4, -0.2) is 25.9 Å². The molecule has 0 aliphatic heterocycles. The van der Waals surface area contributed by atoms with Crippen LogP contribution in [0.25, 0.3) is 0 Å². The number of halogens is 3. The van der Waals surface area contributed by atoms with Crippen molar-refractivity contribution in [3.05, 3.63) is 24.2 Å². The first-order valence-corrected chi connectivity index (χ1v) is 4.95. The Balaban J connectivity index is 1.89. The molecule has 0 radical (unpaired) electrons. The number of rotatable bonds is 7. The molecule has 1 aromatic rings. The van der Waals surface area contributed by atoms with Crippen molar-refractivity contribution in [1.82, 2.24) is 5.32 Å². The van der Waals surface area contributed by atoms with E-state index in [9.17, 15) is 13.2 Å². The summed E-state index contributed by atoms with van der Waals surface area (Å²) in [5, 5.41) is 3.03. The summed E-state index contributed by atoms with van der Waals surface area (Å²) in [4.78, 5) is 0. The van der Waals surface area contributed by atoms with Gasteiger partial charge in [0, 0.05) is 6.61 Å². The van der Waals surface area contributed by atoms with E-state index in [4.69, 9.17) is 4.42 Å². The summed E-state index contributed by atoms with van der Waals surface area (Å²) in [5.74, 6) is 0.802. The molecule has 0 atom stereocenters. The number of hydrogen-bond donors (Lipinski definition) is 1. The van der Waals surface area contributed by atoms with E-state index < -0.39 is 12.8 Å². The lowest BCUT2D eigenvalue weighted by Crippen LogP contribution is -2.20. The lowest BCUT2D eigenvalue weighted by atomic mass is 10.4. The Hall–Kier alpha value is -1.01. The predicted molar refractivity (Wildman–Crippen MR) is 51.9 cm³/mol. The summed E-state index contributed by atoms with van der Waals surface area (Å²) in [6, 6.07) is 3.61. The monoisotopic (exact) mass is 237 g/mol. The Kier molecular flexibility index (Phi) is 5.34. The highest BCUT2D eigenvalue weighted by Gasteiger charge is 2.27. The molecule has 1 aromatic heterocycles. The molecule has 0 saturated carbocycles. The minimum absolute atomic E-state index is 0.102. The van der Waals surface area contributed by atoms with Gasteiger partial charge in [-0.2, -0.15) is 13.2 Å². The molecule has 0 spiro atoms. The number of alkyl halides is 3. The Labute approximate surface area is 91.6 Å². The number of furan rings is 1. The molecule has 0 aromatic carbocycles. The maximum atomic E-state index is 11.7. The van der Waals surface area contributed by atoms with Gasteiger partial charge in [0.25, 0.3) is 0 Å². The summed E-state index contributed by atoms with van der Waals surface area (Å²) >= 11 is 0. The van der Waals surface area contributed by atoms with E-state index in [1.165, 1.54) is 0 Å². The average molecular weight is 237 g/mol. The van der Waals surface area contributed by atoms with Crippen molar-refractivity contribution in [1.29, 1.82) is 0 Å². The second-order valence-corrected chi connectivity index (χ2v) is 3.28. The van der Waals surface area contributed by atoms with Gasteiger partial charge in [0.1, 0.15) is 12.4 Å². The highest BCUT2D eigenvalue weighted by molar-refractivity contribution is 4.97. The Bertz CT molecular complexity index is 272. The Morgan fingerprint density at radius 3 is 2.81 bits per heavy atom. The van der Waals surface area contributed by atoms with Crippen molar-refractivity contribution in [2.24, 2.45) is 0 Å². The van der Waals surface area contributed by atoms with Gasteiger partial charge in [-0.1, -0.05) is 0 Å². The quantitative estimate of drug-likeness (QED) is 0.739. The maximum absolute atomic E-state index is 11.7. The standard InChI is InChI=1S/C10H14F3NO2/c11-10(12,13)8-15-5-2-4-14-7-9-3-1-6-16-9/h1,3,6,14H,2,4-5,7-8H2. The molecule has 1 rings (SSSR count). The van der Waals surface area contributed by atoms with Crippen LogP contribution < -0.4 is 5.32 Å². The van der Waals surface area contributed by atoms with Crippen molar-refractivity contribution < 1.29 is 22.3 Å². The molecule has 0 saturated heterocycles. The summed E-state index contributed by atoms with van der Waals surface area (Å²) in [6.07, 6.45) is -2.12. The largest absolute Gasteiger partial charge is 0.468 e. The minimum Gasteiger partial charge on any atom is -0.468 e. The SMILES string of the molecule is FC(F)(F)COCCCNCc1ccco1.